The first-order valence-corrected chi connectivity index (χ1v) is 4.86. The summed E-state index contributed by atoms with van der Waals surface area (Å²) in [6.45, 7) is 2.31. The average Bonchev–Trinajstić information content (AvgIpc) is 2.92. The second-order valence-corrected chi connectivity index (χ2v) is 4.65. The third kappa shape index (κ3) is 1.00. The highest BCUT2D eigenvalue weighted by Crippen LogP contribution is 2.55. The SMILES string of the molecule is C1CC2(CO2)OC2(CO2)CC12CO2. The van der Waals surface area contributed by atoms with Crippen molar-refractivity contribution in [3.05, 3.63) is 0 Å². The maximum Gasteiger partial charge on any atom is 0.198 e. The standard InChI is InChI=1S/C9H12O4/c1-2-8(5-11-8)13-9(6-12-9)3-7(1)4-10-7/h1-6H2. The minimum absolute atomic E-state index is 0.0753. The average molecular weight is 184 g/mol. The molecule has 4 saturated heterocycles. The molecule has 13 heavy (non-hydrogen) atoms. The summed E-state index contributed by atoms with van der Waals surface area (Å²) in [4.78, 5) is 0. The highest BCUT2D eigenvalue weighted by molar-refractivity contribution is 5.06. The minimum Gasteiger partial charge on any atom is -0.369 e. The van der Waals surface area contributed by atoms with Crippen molar-refractivity contribution in [3.63, 3.8) is 0 Å². The Kier molecular flexibility index (Phi) is 0.991. The minimum atomic E-state index is -0.344. The van der Waals surface area contributed by atoms with Gasteiger partial charge in [0.05, 0.1) is 12.2 Å². The zero-order valence-corrected chi connectivity index (χ0v) is 7.38. The fourth-order valence-corrected chi connectivity index (χ4v) is 2.30. The summed E-state index contributed by atoms with van der Waals surface area (Å²) in [6.07, 6.45) is 2.90. The van der Waals surface area contributed by atoms with Gasteiger partial charge in [-0.05, 0) is 6.42 Å². The maximum absolute atomic E-state index is 5.86. The molecule has 72 valence electrons. The van der Waals surface area contributed by atoms with Crippen LogP contribution in [0.3, 0.4) is 0 Å². The summed E-state index contributed by atoms with van der Waals surface area (Å²) in [7, 11) is 0. The van der Waals surface area contributed by atoms with Gasteiger partial charge in [0.1, 0.15) is 13.2 Å². The molecule has 0 aromatic heterocycles. The number of rotatable bonds is 0. The first kappa shape index (κ1) is 7.17. The molecule has 0 aromatic rings. The summed E-state index contributed by atoms with van der Waals surface area (Å²) in [5, 5.41) is 0. The van der Waals surface area contributed by atoms with E-state index < -0.39 is 0 Å². The van der Waals surface area contributed by atoms with Crippen LogP contribution in [0.1, 0.15) is 19.3 Å². The van der Waals surface area contributed by atoms with E-state index in [0.717, 1.165) is 32.5 Å². The summed E-state index contributed by atoms with van der Waals surface area (Å²) >= 11 is 0. The first-order chi connectivity index (χ1) is 6.24. The molecule has 4 heterocycles. The van der Waals surface area contributed by atoms with Gasteiger partial charge in [-0.15, -0.1) is 0 Å². The fraction of sp³-hybridized carbons (Fsp3) is 1.00. The van der Waals surface area contributed by atoms with E-state index >= 15 is 0 Å². The van der Waals surface area contributed by atoms with Gasteiger partial charge < -0.3 is 18.9 Å². The first-order valence-electron chi connectivity index (χ1n) is 4.86. The highest BCUT2D eigenvalue weighted by Gasteiger charge is 2.67. The Morgan fingerprint density at radius 1 is 0.769 bits per heavy atom. The summed E-state index contributed by atoms with van der Waals surface area (Å²) in [5.74, 6) is -0.643. The van der Waals surface area contributed by atoms with E-state index in [0.29, 0.717) is 6.61 Å². The Morgan fingerprint density at radius 3 is 2.00 bits per heavy atom. The van der Waals surface area contributed by atoms with Gasteiger partial charge in [0.2, 0.25) is 0 Å². The summed E-state index contributed by atoms with van der Waals surface area (Å²) in [5.41, 5.74) is 0.0753. The lowest BCUT2D eigenvalue weighted by atomic mass is 9.98. The Labute approximate surface area is 76.1 Å². The maximum atomic E-state index is 5.86. The number of ether oxygens (including phenoxy) is 4. The van der Waals surface area contributed by atoms with Crippen molar-refractivity contribution in [1.82, 2.24) is 0 Å². The molecule has 0 radical (unpaired) electrons. The Hall–Kier alpha value is -0.160. The molecule has 0 saturated carbocycles. The zero-order chi connectivity index (χ0) is 8.57. The Bertz CT molecular complexity index is 239. The number of hydrogen-bond donors (Lipinski definition) is 0. The molecule has 0 amide bonds. The van der Waals surface area contributed by atoms with Gasteiger partial charge in [-0.25, -0.2) is 0 Å². The molecule has 4 fully saturated rings. The molecule has 0 aliphatic carbocycles. The lowest BCUT2D eigenvalue weighted by Gasteiger charge is -2.14. The number of hydrogen-bond acceptors (Lipinski definition) is 4. The van der Waals surface area contributed by atoms with Crippen LogP contribution in [0.2, 0.25) is 0 Å². The summed E-state index contributed by atoms with van der Waals surface area (Å²) in [6, 6.07) is 0. The van der Waals surface area contributed by atoms with Gasteiger partial charge in [-0.1, -0.05) is 0 Å². The van der Waals surface area contributed by atoms with Crippen molar-refractivity contribution < 1.29 is 18.9 Å². The van der Waals surface area contributed by atoms with Crippen molar-refractivity contribution >= 4 is 0 Å². The van der Waals surface area contributed by atoms with Crippen LogP contribution in [0.5, 0.6) is 0 Å². The molecule has 3 unspecified atom stereocenters. The molecule has 0 N–H and O–H groups in total. The van der Waals surface area contributed by atoms with Crippen molar-refractivity contribution in [2.24, 2.45) is 0 Å². The van der Waals surface area contributed by atoms with Crippen molar-refractivity contribution in [2.45, 2.75) is 36.4 Å². The van der Waals surface area contributed by atoms with Crippen LogP contribution in [0.4, 0.5) is 0 Å². The van der Waals surface area contributed by atoms with Crippen LogP contribution in [0.15, 0.2) is 0 Å². The smallest absolute Gasteiger partial charge is 0.198 e. The van der Waals surface area contributed by atoms with E-state index in [1.165, 1.54) is 0 Å². The highest BCUT2D eigenvalue weighted by atomic mass is 16.9. The molecule has 0 bridgehead atoms. The predicted octanol–water partition coefficient (Wildman–Crippen LogP) is 0.409. The molecule has 4 heteroatoms. The molecule has 0 aromatic carbocycles. The topological polar surface area (TPSA) is 46.8 Å². The van der Waals surface area contributed by atoms with Gasteiger partial charge in [0, 0.05) is 12.8 Å². The van der Waals surface area contributed by atoms with Crippen LogP contribution < -0.4 is 0 Å². The van der Waals surface area contributed by atoms with Gasteiger partial charge >= 0.3 is 0 Å². The van der Waals surface area contributed by atoms with Crippen LogP contribution in [0.25, 0.3) is 0 Å². The molecule has 3 atom stereocenters. The second-order valence-electron chi connectivity index (χ2n) is 4.65. The van der Waals surface area contributed by atoms with Crippen molar-refractivity contribution in [3.8, 4) is 0 Å². The van der Waals surface area contributed by atoms with E-state index in [2.05, 4.69) is 0 Å². The molecule has 3 spiro atoms. The lowest BCUT2D eigenvalue weighted by molar-refractivity contribution is -0.146. The normalized spacial score (nSPS) is 62.8. The van der Waals surface area contributed by atoms with Crippen LogP contribution in [-0.2, 0) is 18.9 Å². The molecule has 4 rings (SSSR count). The van der Waals surface area contributed by atoms with Gasteiger partial charge in [0.25, 0.3) is 0 Å². The Morgan fingerprint density at radius 2 is 1.46 bits per heavy atom. The van der Waals surface area contributed by atoms with Gasteiger partial charge in [0.15, 0.2) is 11.6 Å². The van der Waals surface area contributed by atoms with Crippen LogP contribution >= 0.6 is 0 Å². The van der Waals surface area contributed by atoms with E-state index in [-0.39, 0.29) is 17.2 Å². The van der Waals surface area contributed by atoms with Crippen molar-refractivity contribution in [2.75, 3.05) is 19.8 Å². The molecular weight excluding hydrogens is 172 g/mol. The number of epoxide rings is 3. The van der Waals surface area contributed by atoms with E-state index in [1.807, 2.05) is 0 Å². The third-order valence-electron chi connectivity index (χ3n) is 3.41. The Balaban J connectivity index is 1.65. The van der Waals surface area contributed by atoms with E-state index in [9.17, 15) is 0 Å². The monoisotopic (exact) mass is 184 g/mol. The molecule has 4 aliphatic heterocycles. The fourth-order valence-electron chi connectivity index (χ4n) is 2.30. The van der Waals surface area contributed by atoms with Crippen molar-refractivity contribution in [1.29, 1.82) is 0 Å². The van der Waals surface area contributed by atoms with Gasteiger partial charge in [-0.2, -0.15) is 0 Å². The van der Waals surface area contributed by atoms with Crippen LogP contribution in [0, 0.1) is 0 Å². The summed E-state index contributed by atoms with van der Waals surface area (Å²) < 4.78 is 22.1. The largest absolute Gasteiger partial charge is 0.369 e. The predicted molar refractivity (Wildman–Crippen MR) is 41.0 cm³/mol. The molecular formula is C9H12O4. The quantitative estimate of drug-likeness (QED) is 0.511. The zero-order valence-electron chi connectivity index (χ0n) is 7.38. The van der Waals surface area contributed by atoms with Crippen LogP contribution in [-0.4, -0.2) is 37.0 Å². The van der Waals surface area contributed by atoms with E-state index in [1.54, 1.807) is 0 Å². The van der Waals surface area contributed by atoms with Gasteiger partial charge in [-0.3, -0.25) is 0 Å². The molecule has 4 aliphatic rings. The lowest BCUT2D eigenvalue weighted by Crippen LogP contribution is -2.27. The second kappa shape index (κ2) is 1.80. The molecule has 4 nitrogen and oxygen atoms in total. The van der Waals surface area contributed by atoms with E-state index in [4.69, 9.17) is 18.9 Å². The third-order valence-corrected chi connectivity index (χ3v) is 3.41.